The number of nitrogens with zero attached hydrogens (tertiary/aromatic N) is 1. The third kappa shape index (κ3) is 2.98. The van der Waals surface area contributed by atoms with Crippen LogP contribution >= 0.6 is 0 Å². The van der Waals surface area contributed by atoms with E-state index >= 15 is 0 Å². The monoisotopic (exact) mass is 199 g/mol. The molecule has 1 aliphatic rings. The summed E-state index contributed by atoms with van der Waals surface area (Å²) in [6, 6.07) is -0.0156. The van der Waals surface area contributed by atoms with Crippen LogP contribution in [0, 0.1) is 0 Å². The van der Waals surface area contributed by atoms with Crippen molar-refractivity contribution in [2.75, 3.05) is 20.2 Å². The van der Waals surface area contributed by atoms with Crippen LogP contribution in [0.2, 0.25) is 0 Å². The van der Waals surface area contributed by atoms with Gasteiger partial charge < -0.3 is 4.74 Å². The summed E-state index contributed by atoms with van der Waals surface area (Å²) in [6.07, 6.45) is 5.88. The van der Waals surface area contributed by atoms with Gasteiger partial charge in [-0.2, -0.15) is 0 Å². The molecule has 0 spiro atoms. The van der Waals surface area contributed by atoms with E-state index in [9.17, 15) is 4.79 Å². The minimum Gasteiger partial charge on any atom is -0.468 e. The van der Waals surface area contributed by atoms with Gasteiger partial charge in [-0.25, -0.2) is 0 Å². The molecule has 82 valence electrons. The molecule has 0 aromatic heterocycles. The van der Waals surface area contributed by atoms with Crippen molar-refractivity contribution in [1.29, 1.82) is 0 Å². The van der Waals surface area contributed by atoms with Crippen LogP contribution < -0.4 is 0 Å². The zero-order valence-corrected chi connectivity index (χ0v) is 9.29. The molecule has 0 N–H and O–H groups in total. The number of carbonyl (C=O) groups excluding carboxylic acids is 1. The van der Waals surface area contributed by atoms with Crippen LogP contribution in [0.4, 0.5) is 0 Å². The number of likely N-dealkylation sites (tertiary alicyclic amines) is 1. The largest absolute Gasteiger partial charge is 0.468 e. The third-order valence-corrected chi connectivity index (χ3v) is 2.94. The zero-order chi connectivity index (χ0) is 10.4. The van der Waals surface area contributed by atoms with Gasteiger partial charge in [0.1, 0.15) is 6.04 Å². The van der Waals surface area contributed by atoms with E-state index in [-0.39, 0.29) is 12.0 Å². The maximum Gasteiger partial charge on any atom is 0.323 e. The van der Waals surface area contributed by atoms with Crippen LogP contribution in [-0.4, -0.2) is 37.1 Å². The van der Waals surface area contributed by atoms with Gasteiger partial charge in [-0.15, -0.1) is 0 Å². The van der Waals surface area contributed by atoms with Crippen LogP contribution in [-0.2, 0) is 9.53 Å². The SMILES string of the molecule is CC[C@H](C(=O)OC)N1CCCCCC1. The van der Waals surface area contributed by atoms with Crippen LogP contribution in [0.5, 0.6) is 0 Å². The second kappa shape index (κ2) is 6.02. The van der Waals surface area contributed by atoms with Crippen molar-refractivity contribution in [1.82, 2.24) is 4.90 Å². The van der Waals surface area contributed by atoms with Crippen LogP contribution in [0.15, 0.2) is 0 Å². The van der Waals surface area contributed by atoms with Gasteiger partial charge in [-0.1, -0.05) is 19.8 Å². The average Bonchev–Trinajstić information content (AvgIpc) is 2.47. The van der Waals surface area contributed by atoms with Gasteiger partial charge in [0.05, 0.1) is 7.11 Å². The Balaban J connectivity index is 2.52. The van der Waals surface area contributed by atoms with E-state index in [0.29, 0.717) is 0 Å². The second-order valence-electron chi connectivity index (χ2n) is 3.90. The van der Waals surface area contributed by atoms with Crippen molar-refractivity contribution >= 4 is 5.97 Å². The first kappa shape index (κ1) is 11.5. The van der Waals surface area contributed by atoms with Crippen LogP contribution in [0.25, 0.3) is 0 Å². The highest BCUT2D eigenvalue weighted by Gasteiger charge is 2.25. The fourth-order valence-electron chi connectivity index (χ4n) is 2.12. The molecule has 1 saturated heterocycles. The van der Waals surface area contributed by atoms with Crippen LogP contribution in [0.1, 0.15) is 39.0 Å². The summed E-state index contributed by atoms with van der Waals surface area (Å²) in [5.74, 6) is -0.0746. The van der Waals surface area contributed by atoms with E-state index in [1.165, 1.54) is 32.8 Å². The Kier molecular flexibility index (Phi) is 4.94. The summed E-state index contributed by atoms with van der Waals surface area (Å²) in [5, 5.41) is 0. The lowest BCUT2D eigenvalue weighted by atomic mass is 10.2. The Morgan fingerprint density at radius 3 is 2.29 bits per heavy atom. The standard InChI is InChI=1S/C11H21NO2/c1-3-10(11(13)14-2)12-8-6-4-5-7-9-12/h10H,3-9H2,1-2H3/t10-/m1/s1. The molecule has 1 heterocycles. The molecule has 0 aromatic rings. The van der Waals surface area contributed by atoms with Crippen molar-refractivity contribution < 1.29 is 9.53 Å². The van der Waals surface area contributed by atoms with E-state index in [2.05, 4.69) is 4.90 Å². The molecule has 1 rings (SSSR count). The second-order valence-corrected chi connectivity index (χ2v) is 3.90. The molecule has 0 radical (unpaired) electrons. The molecule has 0 aliphatic carbocycles. The normalized spacial score (nSPS) is 21.3. The van der Waals surface area contributed by atoms with Crippen LogP contribution in [0.3, 0.4) is 0 Å². The number of methoxy groups -OCH3 is 1. The molecule has 0 saturated carbocycles. The molecule has 14 heavy (non-hydrogen) atoms. The first-order valence-corrected chi connectivity index (χ1v) is 5.61. The molecular weight excluding hydrogens is 178 g/mol. The molecule has 0 unspecified atom stereocenters. The number of esters is 1. The summed E-state index contributed by atoms with van der Waals surface area (Å²) in [4.78, 5) is 13.8. The topological polar surface area (TPSA) is 29.5 Å². The number of ether oxygens (including phenoxy) is 1. The summed E-state index contributed by atoms with van der Waals surface area (Å²) >= 11 is 0. The number of hydrogen-bond acceptors (Lipinski definition) is 3. The summed E-state index contributed by atoms with van der Waals surface area (Å²) in [6.45, 7) is 4.15. The first-order valence-electron chi connectivity index (χ1n) is 5.61. The van der Waals surface area contributed by atoms with E-state index in [1.807, 2.05) is 6.92 Å². The minimum absolute atomic E-state index is 0.0156. The lowest BCUT2D eigenvalue weighted by Crippen LogP contribution is -2.42. The predicted octanol–water partition coefficient (Wildman–Crippen LogP) is 1.81. The Morgan fingerprint density at radius 1 is 1.29 bits per heavy atom. The zero-order valence-electron chi connectivity index (χ0n) is 9.29. The van der Waals surface area contributed by atoms with Gasteiger partial charge in [0.2, 0.25) is 0 Å². The highest BCUT2D eigenvalue weighted by Crippen LogP contribution is 2.15. The van der Waals surface area contributed by atoms with Gasteiger partial charge in [0, 0.05) is 0 Å². The molecule has 3 heteroatoms. The van der Waals surface area contributed by atoms with Crippen molar-refractivity contribution in [3.05, 3.63) is 0 Å². The van der Waals surface area contributed by atoms with Gasteiger partial charge in [0.25, 0.3) is 0 Å². The van der Waals surface area contributed by atoms with Crippen molar-refractivity contribution in [3.8, 4) is 0 Å². The Hall–Kier alpha value is -0.570. The third-order valence-electron chi connectivity index (χ3n) is 2.94. The lowest BCUT2D eigenvalue weighted by Gasteiger charge is -2.27. The number of rotatable bonds is 3. The quantitative estimate of drug-likeness (QED) is 0.649. The molecule has 1 aliphatic heterocycles. The highest BCUT2D eigenvalue weighted by atomic mass is 16.5. The maximum atomic E-state index is 11.5. The predicted molar refractivity (Wildman–Crippen MR) is 56.1 cm³/mol. The summed E-state index contributed by atoms with van der Waals surface area (Å²) in [7, 11) is 1.48. The molecule has 3 nitrogen and oxygen atoms in total. The van der Waals surface area contributed by atoms with Gasteiger partial charge in [-0.05, 0) is 32.4 Å². The molecule has 1 atom stereocenters. The first-order chi connectivity index (χ1) is 6.79. The van der Waals surface area contributed by atoms with Gasteiger partial charge >= 0.3 is 5.97 Å². The molecule has 0 bridgehead atoms. The fraction of sp³-hybridized carbons (Fsp3) is 0.909. The maximum absolute atomic E-state index is 11.5. The van der Waals surface area contributed by atoms with Gasteiger partial charge in [-0.3, -0.25) is 9.69 Å². The summed E-state index contributed by atoms with van der Waals surface area (Å²) in [5.41, 5.74) is 0. The molecule has 0 amide bonds. The Morgan fingerprint density at radius 2 is 1.86 bits per heavy atom. The van der Waals surface area contributed by atoms with Crippen molar-refractivity contribution in [2.24, 2.45) is 0 Å². The molecule has 1 fully saturated rings. The minimum atomic E-state index is -0.0746. The van der Waals surface area contributed by atoms with E-state index in [4.69, 9.17) is 4.74 Å². The average molecular weight is 199 g/mol. The van der Waals surface area contributed by atoms with E-state index < -0.39 is 0 Å². The van der Waals surface area contributed by atoms with Crippen molar-refractivity contribution in [2.45, 2.75) is 45.1 Å². The summed E-state index contributed by atoms with van der Waals surface area (Å²) < 4.78 is 4.82. The van der Waals surface area contributed by atoms with E-state index in [0.717, 1.165) is 19.5 Å². The smallest absolute Gasteiger partial charge is 0.323 e. The lowest BCUT2D eigenvalue weighted by molar-refractivity contribution is -0.147. The fourth-order valence-corrected chi connectivity index (χ4v) is 2.12. The molecule has 0 aromatic carbocycles. The Bertz CT molecular complexity index is 174. The van der Waals surface area contributed by atoms with E-state index in [1.54, 1.807) is 0 Å². The number of carbonyl (C=O) groups is 1. The Labute approximate surface area is 86.4 Å². The highest BCUT2D eigenvalue weighted by molar-refractivity contribution is 5.75. The molecular formula is C11H21NO2. The van der Waals surface area contributed by atoms with Crippen molar-refractivity contribution in [3.63, 3.8) is 0 Å². The van der Waals surface area contributed by atoms with Gasteiger partial charge in [0.15, 0.2) is 0 Å². The number of hydrogen-bond donors (Lipinski definition) is 0.